The first-order chi connectivity index (χ1) is 9.13. The molecule has 0 aromatic heterocycles. The number of hydrogen-bond donors (Lipinski definition) is 1. The lowest BCUT2D eigenvalue weighted by molar-refractivity contribution is -0.143. The number of hydrogen-bond acceptors (Lipinski definition) is 3. The molecule has 0 bridgehead atoms. The third-order valence-corrected chi connectivity index (χ3v) is 2.88. The summed E-state index contributed by atoms with van der Waals surface area (Å²) in [5.41, 5.74) is 1.87. The summed E-state index contributed by atoms with van der Waals surface area (Å²) in [5.74, 6) is -0.355. The molecule has 1 N–H and O–H groups in total. The molecule has 0 atom stereocenters. The number of aryl methyl sites for hydroxylation is 1. The van der Waals surface area contributed by atoms with Crippen LogP contribution in [0.25, 0.3) is 0 Å². The molecular weight excluding hydrogens is 245 g/mol. The van der Waals surface area contributed by atoms with Gasteiger partial charge in [-0.2, -0.15) is 0 Å². The number of rotatable bonds is 8. The predicted molar refractivity (Wildman–Crippen MR) is 74.7 cm³/mol. The van der Waals surface area contributed by atoms with Gasteiger partial charge in [0.2, 0.25) is 0 Å². The molecule has 3 nitrogen and oxygen atoms in total. The maximum Gasteiger partial charge on any atom is 0.305 e. The molecule has 0 aliphatic heterocycles. The van der Waals surface area contributed by atoms with E-state index in [-0.39, 0.29) is 11.8 Å². The first-order valence-electron chi connectivity index (χ1n) is 6.79. The van der Waals surface area contributed by atoms with Crippen LogP contribution in [0, 0.1) is 12.7 Å². The monoisotopic (exact) mass is 267 g/mol. The normalized spacial score (nSPS) is 10.3. The first kappa shape index (κ1) is 15.5. The molecule has 0 fully saturated rings. The second-order valence-corrected chi connectivity index (χ2v) is 4.50. The second kappa shape index (κ2) is 8.51. The van der Waals surface area contributed by atoms with Crippen molar-refractivity contribution >= 4 is 11.7 Å². The molecule has 4 heteroatoms. The summed E-state index contributed by atoms with van der Waals surface area (Å²) in [6.45, 7) is 4.98. The standard InChI is InChI=1S/C15H22FNO2/c1-3-19-15(18)7-5-4-6-10-17-14-11-13(16)9-8-12(14)2/h8-9,11,17H,3-7,10H2,1-2H3. The Hall–Kier alpha value is -1.58. The van der Waals surface area contributed by atoms with Crippen molar-refractivity contribution in [3.63, 3.8) is 0 Å². The number of nitrogens with one attached hydrogen (secondary N) is 1. The zero-order valence-corrected chi connectivity index (χ0v) is 11.7. The maximum absolute atomic E-state index is 13.0. The van der Waals surface area contributed by atoms with Crippen LogP contribution in [-0.2, 0) is 9.53 Å². The van der Waals surface area contributed by atoms with Crippen molar-refractivity contribution < 1.29 is 13.9 Å². The largest absolute Gasteiger partial charge is 0.466 e. The van der Waals surface area contributed by atoms with Crippen LogP contribution in [0.3, 0.4) is 0 Å². The lowest BCUT2D eigenvalue weighted by Gasteiger charge is -2.09. The average Bonchev–Trinajstić information content (AvgIpc) is 2.38. The van der Waals surface area contributed by atoms with E-state index >= 15 is 0 Å². The van der Waals surface area contributed by atoms with Gasteiger partial charge < -0.3 is 10.1 Å². The van der Waals surface area contributed by atoms with Crippen molar-refractivity contribution in [2.45, 2.75) is 39.5 Å². The number of esters is 1. The molecule has 0 aliphatic rings. The van der Waals surface area contributed by atoms with Gasteiger partial charge in [0.25, 0.3) is 0 Å². The average molecular weight is 267 g/mol. The fraction of sp³-hybridized carbons (Fsp3) is 0.533. The molecule has 0 heterocycles. The summed E-state index contributed by atoms with van der Waals surface area (Å²) >= 11 is 0. The van der Waals surface area contributed by atoms with Crippen molar-refractivity contribution in [2.75, 3.05) is 18.5 Å². The molecule has 0 amide bonds. The van der Waals surface area contributed by atoms with E-state index in [1.54, 1.807) is 6.07 Å². The Balaban J connectivity index is 2.14. The quantitative estimate of drug-likeness (QED) is 0.577. The van der Waals surface area contributed by atoms with Crippen LogP contribution < -0.4 is 5.32 Å². The number of carbonyl (C=O) groups is 1. The van der Waals surface area contributed by atoms with Gasteiger partial charge in [0, 0.05) is 18.7 Å². The number of ether oxygens (including phenoxy) is 1. The summed E-state index contributed by atoms with van der Waals surface area (Å²) in [5, 5.41) is 3.21. The number of benzene rings is 1. The van der Waals surface area contributed by atoms with Crippen LogP contribution in [0.4, 0.5) is 10.1 Å². The van der Waals surface area contributed by atoms with Gasteiger partial charge in [0.15, 0.2) is 0 Å². The van der Waals surface area contributed by atoms with Gasteiger partial charge in [-0.3, -0.25) is 4.79 Å². The molecule has 0 saturated carbocycles. The van der Waals surface area contributed by atoms with Crippen LogP contribution in [0.2, 0.25) is 0 Å². The van der Waals surface area contributed by atoms with Crippen LogP contribution in [-0.4, -0.2) is 19.1 Å². The van der Waals surface area contributed by atoms with Gasteiger partial charge in [-0.1, -0.05) is 12.5 Å². The van der Waals surface area contributed by atoms with E-state index in [9.17, 15) is 9.18 Å². The van der Waals surface area contributed by atoms with Gasteiger partial charge in [-0.25, -0.2) is 4.39 Å². The molecule has 1 aromatic rings. The Morgan fingerprint density at radius 1 is 1.32 bits per heavy atom. The molecule has 106 valence electrons. The van der Waals surface area contributed by atoms with Gasteiger partial charge in [-0.05, 0) is 44.4 Å². The van der Waals surface area contributed by atoms with E-state index in [4.69, 9.17) is 4.74 Å². The van der Waals surface area contributed by atoms with E-state index in [1.165, 1.54) is 12.1 Å². The number of unbranched alkanes of at least 4 members (excludes halogenated alkanes) is 2. The highest BCUT2D eigenvalue weighted by Gasteiger charge is 2.02. The SMILES string of the molecule is CCOC(=O)CCCCCNc1cc(F)ccc1C. The Labute approximate surface area is 114 Å². The molecule has 1 rings (SSSR count). The Morgan fingerprint density at radius 2 is 2.11 bits per heavy atom. The Morgan fingerprint density at radius 3 is 2.84 bits per heavy atom. The fourth-order valence-corrected chi connectivity index (χ4v) is 1.81. The third kappa shape index (κ3) is 6.22. The fourth-order valence-electron chi connectivity index (χ4n) is 1.81. The van der Waals surface area contributed by atoms with Crippen LogP contribution in [0.5, 0.6) is 0 Å². The van der Waals surface area contributed by atoms with Crippen LogP contribution >= 0.6 is 0 Å². The highest BCUT2D eigenvalue weighted by atomic mass is 19.1. The first-order valence-corrected chi connectivity index (χ1v) is 6.79. The van der Waals surface area contributed by atoms with E-state index in [1.807, 2.05) is 13.8 Å². The summed E-state index contributed by atoms with van der Waals surface area (Å²) in [4.78, 5) is 11.1. The topological polar surface area (TPSA) is 38.3 Å². The number of anilines is 1. The van der Waals surface area contributed by atoms with Gasteiger partial charge in [0.1, 0.15) is 5.82 Å². The summed E-state index contributed by atoms with van der Waals surface area (Å²) in [7, 11) is 0. The Bertz CT molecular complexity index is 407. The lowest BCUT2D eigenvalue weighted by atomic mass is 10.1. The zero-order valence-electron chi connectivity index (χ0n) is 11.7. The van der Waals surface area contributed by atoms with E-state index in [0.717, 1.165) is 37.1 Å². The van der Waals surface area contributed by atoms with Crippen molar-refractivity contribution in [1.82, 2.24) is 0 Å². The van der Waals surface area contributed by atoms with Crippen LogP contribution in [0.15, 0.2) is 18.2 Å². The molecule has 0 saturated heterocycles. The molecule has 0 unspecified atom stereocenters. The molecule has 1 aromatic carbocycles. The highest BCUT2D eigenvalue weighted by Crippen LogP contribution is 2.16. The van der Waals surface area contributed by atoms with E-state index in [2.05, 4.69) is 5.32 Å². The van der Waals surface area contributed by atoms with Crippen molar-refractivity contribution in [2.24, 2.45) is 0 Å². The highest BCUT2D eigenvalue weighted by molar-refractivity contribution is 5.69. The lowest BCUT2D eigenvalue weighted by Crippen LogP contribution is -2.05. The number of carbonyl (C=O) groups excluding carboxylic acids is 1. The third-order valence-electron chi connectivity index (χ3n) is 2.88. The van der Waals surface area contributed by atoms with Gasteiger partial charge in [0.05, 0.1) is 6.61 Å². The van der Waals surface area contributed by atoms with Gasteiger partial charge >= 0.3 is 5.97 Å². The smallest absolute Gasteiger partial charge is 0.305 e. The minimum Gasteiger partial charge on any atom is -0.466 e. The second-order valence-electron chi connectivity index (χ2n) is 4.50. The summed E-state index contributed by atoms with van der Waals surface area (Å²) < 4.78 is 17.9. The Kier molecular flexibility index (Phi) is 6.93. The van der Waals surface area contributed by atoms with Crippen molar-refractivity contribution in [1.29, 1.82) is 0 Å². The molecule has 0 radical (unpaired) electrons. The maximum atomic E-state index is 13.0. The van der Waals surface area contributed by atoms with Crippen molar-refractivity contribution in [3.8, 4) is 0 Å². The minimum absolute atomic E-state index is 0.128. The molecular formula is C15H22FNO2. The molecule has 19 heavy (non-hydrogen) atoms. The predicted octanol–water partition coefficient (Wildman–Crippen LogP) is 3.67. The molecule has 0 aliphatic carbocycles. The number of halogens is 1. The zero-order chi connectivity index (χ0) is 14.1. The van der Waals surface area contributed by atoms with Crippen LogP contribution in [0.1, 0.15) is 38.2 Å². The minimum atomic E-state index is -0.226. The van der Waals surface area contributed by atoms with Gasteiger partial charge in [-0.15, -0.1) is 0 Å². The van der Waals surface area contributed by atoms with Crippen molar-refractivity contribution in [3.05, 3.63) is 29.6 Å². The van der Waals surface area contributed by atoms with E-state index < -0.39 is 0 Å². The summed E-state index contributed by atoms with van der Waals surface area (Å²) in [6.07, 6.45) is 3.23. The van der Waals surface area contributed by atoms with E-state index in [0.29, 0.717) is 13.0 Å². The summed E-state index contributed by atoms with van der Waals surface area (Å²) in [6, 6.07) is 4.73. The molecule has 0 spiro atoms.